The van der Waals surface area contributed by atoms with E-state index in [2.05, 4.69) is 16.2 Å². The molecule has 3 N–H and O–H groups in total. The van der Waals surface area contributed by atoms with Gasteiger partial charge in [0, 0.05) is 10.7 Å². The molecular formula is C14H14ClN3S. The van der Waals surface area contributed by atoms with Gasteiger partial charge in [-0.05, 0) is 49.0 Å². The topological polar surface area (TPSA) is 36.1 Å². The summed E-state index contributed by atoms with van der Waals surface area (Å²) in [6, 6.07) is 15.4. The van der Waals surface area contributed by atoms with Gasteiger partial charge >= 0.3 is 0 Å². The van der Waals surface area contributed by atoms with Gasteiger partial charge in [0.15, 0.2) is 5.11 Å². The van der Waals surface area contributed by atoms with E-state index in [0.29, 0.717) is 10.1 Å². The van der Waals surface area contributed by atoms with Gasteiger partial charge in [0.25, 0.3) is 0 Å². The molecule has 0 atom stereocenters. The highest BCUT2D eigenvalue weighted by Gasteiger charge is 2.03. The van der Waals surface area contributed by atoms with Crippen molar-refractivity contribution in [2.75, 3.05) is 10.7 Å². The first kappa shape index (κ1) is 13.6. The van der Waals surface area contributed by atoms with Crippen molar-refractivity contribution in [2.45, 2.75) is 6.92 Å². The van der Waals surface area contributed by atoms with Crippen LogP contribution in [0.4, 0.5) is 11.4 Å². The maximum atomic E-state index is 6.05. The highest BCUT2D eigenvalue weighted by atomic mass is 35.5. The molecule has 0 aromatic heterocycles. The van der Waals surface area contributed by atoms with Gasteiger partial charge in [0.1, 0.15) is 0 Å². The fourth-order valence-corrected chi connectivity index (χ4v) is 1.88. The number of para-hydroxylation sites is 1. The molecule has 0 saturated heterocycles. The molecule has 2 rings (SSSR count). The second-order valence-corrected chi connectivity index (χ2v) is 4.80. The van der Waals surface area contributed by atoms with Gasteiger partial charge in [-0.15, -0.1) is 0 Å². The largest absolute Gasteiger partial charge is 0.331 e. The predicted molar refractivity (Wildman–Crippen MR) is 85.6 cm³/mol. The van der Waals surface area contributed by atoms with Crippen LogP contribution in [0.1, 0.15) is 5.56 Å². The van der Waals surface area contributed by atoms with Crippen molar-refractivity contribution in [1.82, 2.24) is 5.43 Å². The Balaban J connectivity index is 1.93. The summed E-state index contributed by atoms with van der Waals surface area (Å²) < 4.78 is 0. The lowest BCUT2D eigenvalue weighted by Crippen LogP contribution is -2.33. The van der Waals surface area contributed by atoms with Gasteiger partial charge in [-0.2, -0.15) is 0 Å². The van der Waals surface area contributed by atoms with Gasteiger partial charge < -0.3 is 5.32 Å². The third-order valence-corrected chi connectivity index (χ3v) is 3.22. The minimum absolute atomic E-state index is 0.481. The van der Waals surface area contributed by atoms with E-state index in [4.69, 9.17) is 23.8 Å². The number of hydrazine groups is 1. The molecule has 0 amide bonds. The molecule has 0 fully saturated rings. The maximum Gasteiger partial charge on any atom is 0.189 e. The molecule has 0 aliphatic heterocycles. The molecule has 0 heterocycles. The highest BCUT2D eigenvalue weighted by Crippen LogP contribution is 2.22. The van der Waals surface area contributed by atoms with E-state index in [9.17, 15) is 0 Å². The predicted octanol–water partition coefficient (Wildman–Crippen LogP) is 3.96. The number of hydrogen-bond donors (Lipinski definition) is 3. The first-order valence-corrected chi connectivity index (χ1v) is 6.58. The standard InChI is InChI=1S/C14H14ClN3S/c1-10-12(15)8-5-9-13(10)16-14(19)18-17-11-6-3-2-4-7-11/h2-9,17H,1H3,(H2,16,18,19). The van der Waals surface area contributed by atoms with E-state index < -0.39 is 0 Å². The molecular weight excluding hydrogens is 278 g/mol. The summed E-state index contributed by atoms with van der Waals surface area (Å²) in [5.74, 6) is 0. The lowest BCUT2D eigenvalue weighted by Gasteiger charge is -2.14. The molecule has 2 aromatic rings. The lowest BCUT2D eigenvalue weighted by atomic mass is 10.2. The molecule has 5 heteroatoms. The van der Waals surface area contributed by atoms with Crippen molar-refractivity contribution in [3.8, 4) is 0 Å². The summed E-state index contributed by atoms with van der Waals surface area (Å²) in [7, 11) is 0. The van der Waals surface area contributed by atoms with E-state index in [-0.39, 0.29) is 0 Å². The Bertz CT molecular complexity index is 572. The number of halogens is 1. The van der Waals surface area contributed by atoms with Crippen LogP contribution < -0.4 is 16.2 Å². The van der Waals surface area contributed by atoms with Gasteiger partial charge in [-0.3, -0.25) is 10.9 Å². The van der Waals surface area contributed by atoms with E-state index in [1.54, 1.807) is 0 Å². The Hall–Kier alpha value is -1.78. The van der Waals surface area contributed by atoms with Crippen molar-refractivity contribution >= 4 is 40.3 Å². The Morgan fingerprint density at radius 1 is 1.05 bits per heavy atom. The van der Waals surface area contributed by atoms with Gasteiger partial charge in [-0.1, -0.05) is 35.9 Å². The summed E-state index contributed by atoms with van der Waals surface area (Å²) in [4.78, 5) is 0. The first-order valence-electron chi connectivity index (χ1n) is 5.80. The second-order valence-electron chi connectivity index (χ2n) is 3.98. The Morgan fingerprint density at radius 3 is 2.53 bits per heavy atom. The summed E-state index contributed by atoms with van der Waals surface area (Å²) in [6.07, 6.45) is 0. The minimum Gasteiger partial charge on any atom is -0.331 e. The fraction of sp³-hybridized carbons (Fsp3) is 0.0714. The Morgan fingerprint density at radius 2 is 1.79 bits per heavy atom. The minimum atomic E-state index is 0.481. The molecule has 0 radical (unpaired) electrons. The number of anilines is 2. The van der Waals surface area contributed by atoms with Crippen LogP contribution in [0.5, 0.6) is 0 Å². The zero-order chi connectivity index (χ0) is 13.7. The van der Waals surface area contributed by atoms with E-state index >= 15 is 0 Å². The third-order valence-electron chi connectivity index (χ3n) is 2.61. The average molecular weight is 292 g/mol. The van der Waals surface area contributed by atoms with Crippen LogP contribution in [0.2, 0.25) is 5.02 Å². The van der Waals surface area contributed by atoms with E-state index in [1.807, 2.05) is 55.5 Å². The van der Waals surface area contributed by atoms with Crippen molar-refractivity contribution in [1.29, 1.82) is 0 Å². The highest BCUT2D eigenvalue weighted by molar-refractivity contribution is 7.80. The van der Waals surface area contributed by atoms with Crippen molar-refractivity contribution in [3.63, 3.8) is 0 Å². The molecule has 0 saturated carbocycles. The van der Waals surface area contributed by atoms with Crippen LogP contribution in [0.3, 0.4) is 0 Å². The van der Waals surface area contributed by atoms with Crippen LogP contribution in [0, 0.1) is 6.92 Å². The van der Waals surface area contributed by atoms with Crippen molar-refractivity contribution in [3.05, 3.63) is 59.1 Å². The van der Waals surface area contributed by atoms with Crippen LogP contribution in [-0.4, -0.2) is 5.11 Å². The van der Waals surface area contributed by atoms with Crippen molar-refractivity contribution < 1.29 is 0 Å². The Kier molecular flexibility index (Phi) is 4.60. The summed E-state index contributed by atoms with van der Waals surface area (Å²) in [5, 5.41) is 4.29. The first-order chi connectivity index (χ1) is 9.16. The SMILES string of the molecule is Cc1c(Cl)cccc1NC(=S)NNc1ccccc1. The molecule has 0 unspecified atom stereocenters. The van der Waals surface area contributed by atoms with Crippen LogP contribution in [0.15, 0.2) is 48.5 Å². The number of benzene rings is 2. The summed E-state index contributed by atoms with van der Waals surface area (Å²) >= 11 is 11.3. The number of rotatable bonds is 3. The molecule has 98 valence electrons. The molecule has 0 bridgehead atoms. The summed E-state index contributed by atoms with van der Waals surface area (Å²) in [6.45, 7) is 1.94. The number of hydrogen-bond acceptors (Lipinski definition) is 2. The molecule has 0 aliphatic rings. The van der Waals surface area contributed by atoms with Crippen LogP contribution in [-0.2, 0) is 0 Å². The Labute approximate surface area is 123 Å². The third kappa shape index (κ3) is 3.84. The van der Waals surface area contributed by atoms with Crippen LogP contribution >= 0.6 is 23.8 Å². The lowest BCUT2D eigenvalue weighted by molar-refractivity contribution is 1.14. The average Bonchev–Trinajstić information content (AvgIpc) is 2.43. The summed E-state index contributed by atoms with van der Waals surface area (Å²) in [5.41, 5.74) is 8.73. The number of nitrogens with one attached hydrogen (secondary N) is 3. The van der Waals surface area contributed by atoms with Gasteiger partial charge in [0.2, 0.25) is 0 Å². The monoisotopic (exact) mass is 291 g/mol. The smallest absolute Gasteiger partial charge is 0.189 e. The molecule has 19 heavy (non-hydrogen) atoms. The zero-order valence-corrected chi connectivity index (χ0v) is 12.0. The van der Waals surface area contributed by atoms with Crippen molar-refractivity contribution in [2.24, 2.45) is 0 Å². The van der Waals surface area contributed by atoms with E-state index in [1.165, 1.54) is 0 Å². The fourth-order valence-electron chi connectivity index (χ4n) is 1.55. The zero-order valence-electron chi connectivity index (χ0n) is 10.4. The quantitative estimate of drug-likeness (QED) is 0.591. The normalized spacial score (nSPS) is 9.79. The number of thiocarbonyl (C=S) groups is 1. The second kappa shape index (κ2) is 6.41. The maximum absolute atomic E-state index is 6.05. The molecule has 0 aliphatic carbocycles. The van der Waals surface area contributed by atoms with Crippen LogP contribution in [0.25, 0.3) is 0 Å². The van der Waals surface area contributed by atoms with Gasteiger partial charge in [0.05, 0.1) is 5.69 Å². The molecule has 3 nitrogen and oxygen atoms in total. The van der Waals surface area contributed by atoms with Gasteiger partial charge in [-0.25, -0.2) is 0 Å². The molecule has 0 spiro atoms. The van der Waals surface area contributed by atoms with E-state index in [0.717, 1.165) is 16.9 Å². The molecule has 2 aromatic carbocycles.